The molecule has 3 amide bonds. The summed E-state index contributed by atoms with van der Waals surface area (Å²) in [5, 5.41) is 10.4. The molecule has 154 valence electrons. The molecule has 0 saturated carbocycles. The number of imide groups is 1. The number of nitrogens with zero attached hydrogens (tertiary/aromatic N) is 3. The van der Waals surface area contributed by atoms with Crippen LogP contribution in [-0.2, 0) is 20.9 Å². The minimum atomic E-state index is -1.00. The summed E-state index contributed by atoms with van der Waals surface area (Å²) in [4.78, 5) is 37.8. The van der Waals surface area contributed by atoms with Gasteiger partial charge in [0.2, 0.25) is 5.89 Å². The first-order valence-corrected chi connectivity index (χ1v) is 9.46. The number of benzene rings is 1. The van der Waals surface area contributed by atoms with Gasteiger partial charge >= 0.3 is 12.0 Å². The standard InChI is InChI=1S/C20H24N4O5/c1-13(2)9-10-20(3)18(26)24(19(27)21-20)11-16(25)28-12-15-22-23-17(29-15)14-7-5-4-6-8-14/h4-8,13H,9-12H2,1-3H3,(H,21,27)/t20-/m0/s1. The van der Waals surface area contributed by atoms with Crippen molar-refractivity contribution in [1.29, 1.82) is 0 Å². The molecule has 29 heavy (non-hydrogen) atoms. The second-order valence-corrected chi connectivity index (χ2v) is 7.61. The van der Waals surface area contributed by atoms with Crippen molar-refractivity contribution in [2.45, 2.75) is 45.8 Å². The van der Waals surface area contributed by atoms with Crippen molar-refractivity contribution < 1.29 is 23.5 Å². The monoisotopic (exact) mass is 400 g/mol. The van der Waals surface area contributed by atoms with E-state index in [9.17, 15) is 14.4 Å². The number of urea groups is 1. The van der Waals surface area contributed by atoms with E-state index in [1.807, 2.05) is 44.2 Å². The van der Waals surface area contributed by atoms with Gasteiger partial charge in [-0.25, -0.2) is 4.79 Å². The molecule has 9 nitrogen and oxygen atoms in total. The fourth-order valence-corrected chi connectivity index (χ4v) is 2.96. The zero-order valence-electron chi connectivity index (χ0n) is 16.7. The van der Waals surface area contributed by atoms with E-state index in [2.05, 4.69) is 15.5 Å². The van der Waals surface area contributed by atoms with Crippen molar-refractivity contribution in [1.82, 2.24) is 20.4 Å². The zero-order chi connectivity index (χ0) is 21.0. The van der Waals surface area contributed by atoms with Crippen LogP contribution in [0.3, 0.4) is 0 Å². The number of esters is 1. The van der Waals surface area contributed by atoms with Gasteiger partial charge in [0.05, 0.1) is 0 Å². The number of rotatable bonds is 8. The third-order valence-corrected chi connectivity index (χ3v) is 4.70. The van der Waals surface area contributed by atoms with Crippen molar-refractivity contribution in [2.75, 3.05) is 6.54 Å². The largest absolute Gasteiger partial charge is 0.454 e. The van der Waals surface area contributed by atoms with E-state index >= 15 is 0 Å². The van der Waals surface area contributed by atoms with Crippen molar-refractivity contribution in [3.63, 3.8) is 0 Å². The molecule has 2 aromatic rings. The molecule has 1 saturated heterocycles. The minimum absolute atomic E-state index is 0.121. The molecule has 1 aromatic carbocycles. The minimum Gasteiger partial charge on any atom is -0.454 e. The molecule has 0 radical (unpaired) electrons. The summed E-state index contributed by atoms with van der Waals surface area (Å²) < 4.78 is 10.6. The van der Waals surface area contributed by atoms with Crippen LogP contribution in [0.15, 0.2) is 34.7 Å². The van der Waals surface area contributed by atoms with Gasteiger partial charge in [-0.3, -0.25) is 14.5 Å². The van der Waals surface area contributed by atoms with Crippen molar-refractivity contribution in [2.24, 2.45) is 5.92 Å². The lowest BCUT2D eigenvalue weighted by Gasteiger charge is -2.22. The number of nitrogens with one attached hydrogen (secondary N) is 1. The summed E-state index contributed by atoms with van der Waals surface area (Å²) in [6.07, 6.45) is 1.28. The maximum absolute atomic E-state index is 12.6. The average Bonchev–Trinajstić information content (AvgIpc) is 3.25. The molecule has 1 fully saturated rings. The number of amides is 3. The summed E-state index contributed by atoms with van der Waals surface area (Å²) >= 11 is 0. The van der Waals surface area contributed by atoms with Gasteiger partial charge in [0.25, 0.3) is 11.8 Å². The van der Waals surface area contributed by atoms with Crippen LogP contribution in [0.1, 0.15) is 39.5 Å². The first kappa shape index (κ1) is 20.5. The quantitative estimate of drug-likeness (QED) is 0.535. The first-order valence-electron chi connectivity index (χ1n) is 9.46. The SMILES string of the molecule is CC(C)CC[C@]1(C)NC(=O)N(CC(=O)OCc2nnc(-c3ccccc3)o2)C1=O. The number of hydrogen-bond acceptors (Lipinski definition) is 7. The van der Waals surface area contributed by atoms with Gasteiger partial charge in [-0.2, -0.15) is 0 Å². The van der Waals surface area contributed by atoms with E-state index in [0.717, 1.165) is 16.9 Å². The Balaban J connectivity index is 1.54. The van der Waals surface area contributed by atoms with Gasteiger partial charge in [0.15, 0.2) is 6.61 Å². The Bertz CT molecular complexity index is 895. The zero-order valence-corrected chi connectivity index (χ0v) is 16.7. The third-order valence-electron chi connectivity index (χ3n) is 4.70. The molecule has 1 N–H and O–H groups in total. The van der Waals surface area contributed by atoms with Crippen LogP contribution in [0.4, 0.5) is 4.79 Å². The van der Waals surface area contributed by atoms with E-state index in [-0.39, 0.29) is 12.5 Å². The highest BCUT2D eigenvalue weighted by atomic mass is 16.5. The van der Waals surface area contributed by atoms with Gasteiger partial charge in [0, 0.05) is 5.56 Å². The molecule has 3 rings (SSSR count). The van der Waals surface area contributed by atoms with Crippen LogP contribution in [0, 0.1) is 5.92 Å². The number of ether oxygens (including phenoxy) is 1. The maximum atomic E-state index is 12.6. The van der Waals surface area contributed by atoms with E-state index in [1.165, 1.54) is 0 Å². The maximum Gasteiger partial charge on any atom is 0.326 e. The molecular weight excluding hydrogens is 376 g/mol. The van der Waals surface area contributed by atoms with Gasteiger partial charge in [-0.15, -0.1) is 10.2 Å². The Morgan fingerprint density at radius 1 is 1.24 bits per heavy atom. The van der Waals surface area contributed by atoms with Crippen molar-refractivity contribution >= 4 is 17.9 Å². The fraction of sp³-hybridized carbons (Fsp3) is 0.450. The van der Waals surface area contributed by atoms with Gasteiger partial charge in [-0.1, -0.05) is 32.0 Å². The molecule has 0 aliphatic carbocycles. The van der Waals surface area contributed by atoms with Crippen LogP contribution in [0.25, 0.3) is 11.5 Å². The molecule has 1 atom stereocenters. The van der Waals surface area contributed by atoms with Gasteiger partial charge < -0.3 is 14.5 Å². The molecular formula is C20H24N4O5. The smallest absolute Gasteiger partial charge is 0.326 e. The van der Waals surface area contributed by atoms with E-state index < -0.39 is 30.0 Å². The molecule has 1 aromatic heterocycles. The highest BCUT2D eigenvalue weighted by molar-refractivity contribution is 6.08. The van der Waals surface area contributed by atoms with Crippen LogP contribution in [0.5, 0.6) is 0 Å². The Morgan fingerprint density at radius 2 is 1.97 bits per heavy atom. The lowest BCUT2D eigenvalue weighted by molar-refractivity contribution is -0.149. The Kier molecular flexibility index (Phi) is 5.95. The Morgan fingerprint density at radius 3 is 2.66 bits per heavy atom. The number of carbonyl (C=O) groups is 3. The molecule has 0 spiro atoms. The number of hydrogen-bond donors (Lipinski definition) is 1. The number of carbonyl (C=O) groups excluding carboxylic acids is 3. The second kappa shape index (κ2) is 8.42. The molecule has 1 aliphatic rings. The average molecular weight is 400 g/mol. The van der Waals surface area contributed by atoms with Gasteiger partial charge in [0.1, 0.15) is 12.1 Å². The Labute approximate surface area is 168 Å². The molecule has 0 unspecified atom stereocenters. The lowest BCUT2D eigenvalue weighted by Crippen LogP contribution is -2.44. The summed E-state index contributed by atoms with van der Waals surface area (Å²) in [5.74, 6) is -0.334. The summed E-state index contributed by atoms with van der Waals surface area (Å²) in [7, 11) is 0. The Hall–Kier alpha value is -3.23. The first-order chi connectivity index (χ1) is 13.8. The molecule has 0 bridgehead atoms. The van der Waals surface area contributed by atoms with Crippen molar-refractivity contribution in [3.05, 3.63) is 36.2 Å². The van der Waals surface area contributed by atoms with Crippen LogP contribution in [0.2, 0.25) is 0 Å². The lowest BCUT2D eigenvalue weighted by atomic mass is 9.92. The molecule has 9 heteroatoms. The van der Waals surface area contributed by atoms with Crippen LogP contribution >= 0.6 is 0 Å². The van der Waals surface area contributed by atoms with Crippen LogP contribution < -0.4 is 5.32 Å². The summed E-state index contributed by atoms with van der Waals surface area (Å²) in [6, 6.07) is 8.58. The van der Waals surface area contributed by atoms with Gasteiger partial charge in [-0.05, 0) is 37.8 Å². The molecule has 2 heterocycles. The third kappa shape index (κ3) is 4.79. The highest BCUT2D eigenvalue weighted by Crippen LogP contribution is 2.24. The van der Waals surface area contributed by atoms with E-state index in [4.69, 9.17) is 9.15 Å². The number of aromatic nitrogens is 2. The van der Waals surface area contributed by atoms with E-state index in [0.29, 0.717) is 18.2 Å². The predicted octanol–water partition coefficient (Wildman–Crippen LogP) is 2.53. The highest BCUT2D eigenvalue weighted by Gasteiger charge is 2.48. The van der Waals surface area contributed by atoms with E-state index in [1.54, 1.807) is 6.92 Å². The molecule has 1 aliphatic heterocycles. The topological polar surface area (TPSA) is 115 Å². The van der Waals surface area contributed by atoms with Crippen molar-refractivity contribution in [3.8, 4) is 11.5 Å². The summed E-state index contributed by atoms with van der Waals surface area (Å²) in [6.45, 7) is 5.04. The normalized spacial score (nSPS) is 19.0. The van der Waals surface area contributed by atoms with Crippen LogP contribution in [-0.4, -0.2) is 45.1 Å². The second-order valence-electron chi connectivity index (χ2n) is 7.61. The summed E-state index contributed by atoms with van der Waals surface area (Å²) in [5.41, 5.74) is -0.254. The predicted molar refractivity (Wildman–Crippen MR) is 102 cm³/mol. The fourth-order valence-electron chi connectivity index (χ4n) is 2.96.